The molecule has 4 heteroatoms. The zero-order chi connectivity index (χ0) is 12.5. The number of rotatable bonds is 3. The summed E-state index contributed by atoms with van der Waals surface area (Å²) in [5.74, 6) is 0.434. The van der Waals surface area contributed by atoms with Crippen LogP contribution in [-0.2, 0) is 0 Å². The smallest absolute Gasteiger partial charge is 0.126 e. The summed E-state index contributed by atoms with van der Waals surface area (Å²) in [4.78, 5) is 0. The summed E-state index contributed by atoms with van der Waals surface area (Å²) in [5, 5.41) is 9.16. The summed E-state index contributed by atoms with van der Waals surface area (Å²) in [5.41, 5.74) is 6.02. The molecule has 1 aliphatic rings. The van der Waals surface area contributed by atoms with Crippen LogP contribution < -0.4 is 10.5 Å². The van der Waals surface area contributed by atoms with Gasteiger partial charge in [0.25, 0.3) is 0 Å². The van der Waals surface area contributed by atoms with Gasteiger partial charge in [-0.3, -0.25) is 0 Å². The van der Waals surface area contributed by atoms with Crippen molar-refractivity contribution < 1.29 is 14.2 Å². The van der Waals surface area contributed by atoms with E-state index in [4.69, 9.17) is 15.6 Å². The van der Waals surface area contributed by atoms with Gasteiger partial charge in [-0.15, -0.1) is 0 Å². The number of benzene rings is 1. The highest BCUT2D eigenvalue weighted by molar-refractivity contribution is 5.29. The van der Waals surface area contributed by atoms with Gasteiger partial charge in [-0.05, 0) is 43.5 Å². The lowest BCUT2D eigenvalue weighted by molar-refractivity contribution is 0.165. The molecular weight excluding hydrogens is 221 g/mol. The number of aryl methyl sites for hydroxylation is 1. The summed E-state index contributed by atoms with van der Waals surface area (Å²) < 4.78 is 18.8. The third-order valence-electron chi connectivity index (χ3n) is 3.35. The molecule has 2 unspecified atom stereocenters. The van der Waals surface area contributed by atoms with Crippen molar-refractivity contribution in [2.75, 3.05) is 6.61 Å². The van der Waals surface area contributed by atoms with Crippen LogP contribution in [0.25, 0.3) is 0 Å². The molecule has 17 heavy (non-hydrogen) atoms. The SMILES string of the molecule is Cc1cc(OC2CCC(N)(CO)C2)ccc1F. The number of hydrogen-bond donors (Lipinski definition) is 2. The lowest BCUT2D eigenvalue weighted by Gasteiger charge is -2.21. The zero-order valence-corrected chi connectivity index (χ0v) is 9.95. The topological polar surface area (TPSA) is 55.5 Å². The third kappa shape index (κ3) is 2.76. The van der Waals surface area contributed by atoms with Crippen molar-refractivity contribution in [3.63, 3.8) is 0 Å². The van der Waals surface area contributed by atoms with E-state index in [1.807, 2.05) is 0 Å². The maximum Gasteiger partial charge on any atom is 0.126 e. The van der Waals surface area contributed by atoms with Gasteiger partial charge in [0.2, 0.25) is 0 Å². The van der Waals surface area contributed by atoms with Crippen LogP contribution in [0.3, 0.4) is 0 Å². The Balaban J connectivity index is 2.00. The van der Waals surface area contributed by atoms with E-state index in [1.54, 1.807) is 19.1 Å². The van der Waals surface area contributed by atoms with Crippen LogP contribution in [0.1, 0.15) is 24.8 Å². The standard InChI is InChI=1S/C13H18FNO2/c1-9-6-10(2-3-12(9)14)17-11-4-5-13(15,7-11)8-16/h2-3,6,11,16H,4-5,7-8,15H2,1H3. The summed E-state index contributed by atoms with van der Waals surface area (Å²) in [6, 6.07) is 4.71. The second-order valence-corrected chi connectivity index (χ2v) is 4.91. The van der Waals surface area contributed by atoms with Crippen LogP contribution in [0.4, 0.5) is 4.39 Å². The molecule has 2 rings (SSSR count). The Morgan fingerprint density at radius 1 is 1.59 bits per heavy atom. The Hall–Kier alpha value is -1.13. The van der Waals surface area contributed by atoms with Gasteiger partial charge in [-0.2, -0.15) is 0 Å². The second kappa shape index (κ2) is 4.63. The van der Waals surface area contributed by atoms with Crippen LogP contribution in [0.15, 0.2) is 18.2 Å². The number of nitrogens with two attached hydrogens (primary N) is 1. The lowest BCUT2D eigenvalue weighted by atomic mass is 10.0. The lowest BCUT2D eigenvalue weighted by Crippen LogP contribution is -2.41. The van der Waals surface area contributed by atoms with Crippen molar-refractivity contribution in [1.82, 2.24) is 0 Å². The van der Waals surface area contributed by atoms with Gasteiger partial charge in [-0.25, -0.2) is 4.39 Å². The minimum Gasteiger partial charge on any atom is -0.490 e. The molecule has 0 aliphatic heterocycles. The first-order valence-corrected chi connectivity index (χ1v) is 5.85. The van der Waals surface area contributed by atoms with Gasteiger partial charge in [0, 0.05) is 12.0 Å². The fourth-order valence-electron chi connectivity index (χ4n) is 2.23. The van der Waals surface area contributed by atoms with Crippen molar-refractivity contribution in [1.29, 1.82) is 0 Å². The highest BCUT2D eigenvalue weighted by Gasteiger charge is 2.36. The first kappa shape index (κ1) is 12.3. The molecule has 0 aromatic heterocycles. The molecular formula is C13H18FNO2. The number of hydrogen-bond acceptors (Lipinski definition) is 3. The van der Waals surface area contributed by atoms with Crippen molar-refractivity contribution >= 4 is 0 Å². The molecule has 1 fully saturated rings. The molecule has 1 aliphatic carbocycles. The Morgan fingerprint density at radius 2 is 2.35 bits per heavy atom. The molecule has 94 valence electrons. The number of aliphatic hydroxyl groups excluding tert-OH is 1. The average molecular weight is 239 g/mol. The number of ether oxygens (including phenoxy) is 1. The normalized spacial score (nSPS) is 28.4. The number of aliphatic hydroxyl groups is 1. The third-order valence-corrected chi connectivity index (χ3v) is 3.35. The van der Waals surface area contributed by atoms with Crippen molar-refractivity contribution in [3.8, 4) is 5.75 Å². The first-order valence-electron chi connectivity index (χ1n) is 5.85. The molecule has 0 spiro atoms. The first-order chi connectivity index (χ1) is 8.02. The Labute approximate surface area is 100 Å². The monoisotopic (exact) mass is 239 g/mol. The van der Waals surface area contributed by atoms with E-state index in [2.05, 4.69) is 0 Å². The van der Waals surface area contributed by atoms with E-state index in [0.29, 0.717) is 17.7 Å². The van der Waals surface area contributed by atoms with Crippen LogP contribution in [0.2, 0.25) is 0 Å². The summed E-state index contributed by atoms with van der Waals surface area (Å²) >= 11 is 0. The van der Waals surface area contributed by atoms with Crippen LogP contribution in [0, 0.1) is 12.7 Å². The van der Waals surface area contributed by atoms with Crippen molar-refractivity contribution in [3.05, 3.63) is 29.6 Å². The van der Waals surface area contributed by atoms with E-state index in [1.165, 1.54) is 6.07 Å². The highest BCUT2D eigenvalue weighted by atomic mass is 19.1. The van der Waals surface area contributed by atoms with Gasteiger partial charge in [0.15, 0.2) is 0 Å². The van der Waals surface area contributed by atoms with Gasteiger partial charge in [-0.1, -0.05) is 0 Å². The minimum atomic E-state index is -0.514. The van der Waals surface area contributed by atoms with Gasteiger partial charge in [0.1, 0.15) is 17.7 Å². The zero-order valence-electron chi connectivity index (χ0n) is 9.95. The van der Waals surface area contributed by atoms with Crippen molar-refractivity contribution in [2.45, 2.75) is 37.8 Å². The predicted molar refractivity (Wildman–Crippen MR) is 63.4 cm³/mol. The minimum absolute atomic E-state index is 0.0111. The van der Waals surface area contributed by atoms with Crippen molar-refractivity contribution in [2.24, 2.45) is 5.73 Å². The molecule has 2 atom stereocenters. The largest absolute Gasteiger partial charge is 0.490 e. The van der Waals surface area contributed by atoms with Crippen LogP contribution in [-0.4, -0.2) is 23.4 Å². The van der Waals surface area contributed by atoms with E-state index >= 15 is 0 Å². The molecule has 0 saturated heterocycles. The maximum atomic E-state index is 13.1. The van der Waals surface area contributed by atoms with Gasteiger partial charge in [0.05, 0.1) is 6.61 Å². The fourth-order valence-corrected chi connectivity index (χ4v) is 2.23. The molecule has 0 bridgehead atoms. The van der Waals surface area contributed by atoms with E-state index in [0.717, 1.165) is 12.8 Å². The molecule has 3 nitrogen and oxygen atoms in total. The predicted octanol–water partition coefficient (Wildman–Crippen LogP) is 1.76. The molecule has 1 aromatic rings. The molecule has 1 aromatic carbocycles. The summed E-state index contributed by atoms with van der Waals surface area (Å²) in [6.07, 6.45) is 2.24. The average Bonchev–Trinajstić information content (AvgIpc) is 2.67. The molecule has 0 radical (unpaired) electrons. The summed E-state index contributed by atoms with van der Waals surface area (Å²) in [7, 11) is 0. The van der Waals surface area contributed by atoms with E-state index in [9.17, 15) is 4.39 Å². The Morgan fingerprint density at radius 3 is 2.94 bits per heavy atom. The highest BCUT2D eigenvalue weighted by Crippen LogP contribution is 2.31. The summed E-state index contributed by atoms with van der Waals surface area (Å²) in [6.45, 7) is 1.69. The second-order valence-electron chi connectivity index (χ2n) is 4.91. The van der Waals surface area contributed by atoms with Crippen LogP contribution in [0.5, 0.6) is 5.75 Å². The molecule has 3 N–H and O–H groups in total. The van der Waals surface area contributed by atoms with E-state index < -0.39 is 5.54 Å². The quantitative estimate of drug-likeness (QED) is 0.845. The number of halogens is 1. The Bertz CT molecular complexity index is 410. The maximum absolute atomic E-state index is 13.1. The van der Waals surface area contributed by atoms with E-state index in [-0.39, 0.29) is 18.5 Å². The molecule has 0 heterocycles. The Kier molecular flexibility index (Phi) is 3.35. The fraction of sp³-hybridized carbons (Fsp3) is 0.538. The van der Waals surface area contributed by atoms with Gasteiger partial charge < -0.3 is 15.6 Å². The van der Waals surface area contributed by atoms with Crippen LogP contribution >= 0.6 is 0 Å². The van der Waals surface area contributed by atoms with Gasteiger partial charge >= 0.3 is 0 Å². The molecule has 0 amide bonds. The molecule has 1 saturated carbocycles.